The van der Waals surface area contributed by atoms with Crippen molar-refractivity contribution in [1.29, 1.82) is 0 Å². The maximum Gasteiger partial charge on any atom is 0.157 e. The van der Waals surface area contributed by atoms with Gasteiger partial charge in [0.2, 0.25) is 0 Å². The van der Waals surface area contributed by atoms with Crippen LogP contribution in [0.1, 0.15) is 45.4 Å². The van der Waals surface area contributed by atoms with Crippen LogP contribution in [0.5, 0.6) is 0 Å². The fourth-order valence-corrected chi connectivity index (χ4v) is 2.07. The SMILES string of the molecule is CCCCCCCOC(O)CC1OCC(O)C1O. The molecule has 0 bridgehead atoms. The molecule has 0 aromatic heterocycles. The van der Waals surface area contributed by atoms with Crippen molar-refractivity contribution < 1.29 is 24.8 Å². The Kier molecular flexibility index (Phi) is 7.77. The molecule has 18 heavy (non-hydrogen) atoms. The normalized spacial score (nSPS) is 29.7. The molecule has 5 nitrogen and oxygen atoms in total. The molecule has 4 unspecified atom stereocenters. The fraction of sp³-hybridized carbons (Fsp3) is 1.00. The summed E-state index contributed by atoms with van der Waals surface area (Å²) in [5.74, 6) is 0. The number of rotatable bonds is 9. The minimum Gasteiger partial charge on any atom is -0.388 e. The Labute approximate surface area is 109 Å². The minimum absolute atomic E-state index is 0.121. The van der Waals surface area contributed by atoms with Crippen LogP contribution in [0.3, 0.4) is 0 Å². The molecule has 108 valence electrons. The Hall–Kier alpha value is -0.200. The van der Waals surface area contributed by atoms with E-state index in [9.17, 15) is 15.3 Å². The first-order chi connectivity index (χ1) is 8.65. The molecule has 1 heterocycles. The lowest BCUT2D eigenvalue weighted by Crippen LogP contribution is -2.33. The Morgan fingerprint density at radius 1 is 1.22 bits per heavy atom. The topological polar surface area (TPSA) is 79.2 Å². The summed E-state index contributed by atoms with van der Waals surface area (Å²) >= 11 is 0. The van der Waals surface area contributed by atoms with Crippen LogP contribution < -0.4 is 0 Å². The van der Waals surface area contributed by atoms with E-state index in [1.54, 1.807) is 0 Å². The average molecular weight is 262 g/mol. The van der Waals surface area contributed by atoms with Gasteiger partial charge >= 0.3 is 0 Å². The Balaban J connectivity index is 2.02. The number of aliphatic hydroxyl groups excluding tert-OH is 3. The van der Waals surface area contributed by atoms with Gasteiger partial charge in [-0.15, -0.1) is 0 Å². The summed E-state index contributed by atoms with van der Waals surface area (Å²) in [7, 11) is 0. The molecule has 1 aliphatic rings. The van der Waals surface area contributed by atoms with Crippen molar-refractivity contribution in [3.63, 3.8) is 0 Å². The first-order valence-electron chi connectivity index (χ1n) is 6.92. The van der Waals surface area contributed by atoms with Crippen LogP contribution >= 0.6 is 0 Å². The molecule has 0 spiro atoms. The highest BCUT2D eigenvalue weighted by molar-refractivity contribution is 4.83. The molecular weight excluding hydrogens is 236 g/mol. The third-order valence-electron chi connectivity index (χ3n) is 3.25. The molecule has 0 aliphatic carbocycles. The number of ether oxygens (including phenoxy) is 2. The van der Waals surface area contributed by atoms with Crippen molar-refractivity contribution in [2.24, 2.45) is 0 Å². The average Bonchev–Trinajstić information content (AvgIpc) is 2.65. The lowest BCUT2D eigenvalue weighted by atomic mass is 10.1. The summed E-state index contributed by atoms with van der Waals surface area (Å²) in [4.78, 5) is 0. The Bertz CT molecular complexity index is 212. The molecule has 3 N–H and O–H groups in total. The summed E-state index contributed by atoms with van der Waals surface area (Å²) in [5.41, 5.74) is 0. The highest BCUT2D eigenvalue weighted by Gasteiger charge is 2.35. The zero-order valence-electron chi connectivity index (χ0n) is 11.1. The summed E-state index contributed by atoms with van der Waals surface area (Å²) in [5, 5.41) is 28.4. The number of hydrogen-bond acceptors (Lipinski definition) is 5. The van der Waals surface area contributed by atoms with Crippen molar-refractivity contribution in [1.82, 2.24) is 0 Å². The molecule has 1 aliphatic heterocycles. The van der Waals surface area contributed by atoms with Gasteiger partial charge in [-0.1, -0.05) is 32.6 Å². The van der Waals surface area contributed by atoms with Gasteiger partial charge in [0.25, 0.3) is 0 Å². The molecule has 0 amide bonds. The molecule has 1 rings (SSSR count). The van der Waals surface area contributed by atoms with Gasteiger partial charge in [0.05, 0.1) is 12.7 Å². The van der Waals surface area contributed by atoms with Crippen molar-refractivity contribution >= 4 is 0 Å². The van der Waals surface area contributed by atoms with E-state index in [0.29, 0.717) is 6.61 Å². The summed E-state index contributed by atoms with van der Waals surface area (Å²) in [6.07, 6.45) is 2.67. The van der Waals surface area contributed by atoms with E-state index >= 15 is 0 Å². The first kappa shape index (κ1) is 15.9. The van der Waals surface area contributed by atoms with E-state index in [-0.39, 0.29) is 13.0 Å². The van der Waals surface area contributed by atoms with Crippen LogP contribution in [0, 0.1) is 0 Å². The van der Waals surface area contributed by atoms with Crippen LogP contribution in [0.25, 0.3) is 0 Å². The second-order valence-corrected chi connectivity index (χ2v) is 4.91. The lowest BCUT2D eigenvalue weighted by molar-refractivity contribution is -0.130. The van der Waals surface area contributed by atoms with E-state index in [4.69, 9.17) is 9.47 Å². The molecule has 0 aromatic rings. The van der Waals surface area contributed by atoms with Crippen LogP contribution in [0.15, 0.2) is 0 Å². The monoisotopic (exact) mass is 262 g/mol. The predicted molar refractivity (Wildman–Crippen MR) is 67.1 cm³/mol. The third-order valence-corrected chi connectivity index (χ3v) is 3.25. The van der Waals surface area contributed by atoms with Crippen LogP contribution in [-0.4, -0.2) is 53.1 Å². The van der Waals surface area contributed by atoms with E-state index in [1.807, 2.05) is 0 Å². The summed E-state index contributed by atoms with van der Waals surface area (Å²) in [6.45, 7) is 2.81. The number of unbranched alkanes of at least 4 members (excludes halogenated alkanes) is 4. The van der Waals surface area contributed by atoms with Crippen molar-refractivity contribution in [2.45, 2.75) is 70.1 Å². The molecule has 1 saturated heterocycles. The molecule has 4 atom stereocenters. The van der Waals surface area contributed by atoms with Gasteiger partial charge in [0.1, 0.15) is 12.2 Å². The second kappa shape index (κ2) is 8.82. The largest absolute Gasteiger partial charge is 0.388 e. The van der Waals surface area contributed by atoms with Gasteiger partial charge in [0.15, 0.2) is 6.29 Å². The molecule has 0 saturated carbocycles. The van der Waals surface area contributed by atoms with Crippen molar-refractivity contribution in [3.8, 4) is 0 Å². The van der Waals surface area contributed by atoms with E-state index in [0.717, 1.165) is 12.8 Å². The van der Waals surface area contributed by atoms with Gasteiger partial charge < -0.3 is 24.8 Å². The van der Waals surface area contributed by atoms with Crippen molar-refractivity contribution in [3.05, 3.63) is 0 Å². The minimum atomic E-state index is -0.930. The number of hydrogen-bond donors (Lipinski definition) is 3. The molecule has 0 radical (unpaired) electrons. The Morgan fingerprint density at radius 2 is 1.94 bits per heavy atom. The maximum absolute atomic E-state index is 9.62. The molecule has 1 fully saturated rings. The second-order valence-electron chi connectivity index (χ2n) is 4.91. The quantitative estimate of drug-likeness (QED) is 0.423. The smallest absolute Gasteiger partial charge is 0.157 e. The molecule has 5 heteroatoms. The van der Waals surface area contributed by atoms with Crippen LogP contribution in [0.2, 0.25) is 0 Å². The molecule has 0 aromatic carbocycles. The fourth-order valence-electron chi connectivity index (χ4n) is 2.07. The lowest BCUT2D eigenvalue weighted by Gasteiger charge is -2.18. The molecular formula is C13H26O5. The zero-order valence-corrected chi connectivity index (χ0v) is 11.1. The summed E-state index contributed by atoms with van der Waals surface area (Å²) < 4.78 is 10.4. The zero-order chi connectivity index (χ0) is 13.4. The van der Waals surface area contributed by atoms with E-state index < -0.39 is 24.6 Å². The first-order valence-corrected chi connectivity index (χ1v) is 6.92. The number of aliphatic hydroxyl groups is 3. The highest BCUT2D eigenvalue weighted by Crippen LogP contribution is 2.19. The third kappa shape index (κ3) is 5.63. The van der Waals surface area contributed by atoms with Crippen LogP contribution in [-0.2, 0) is 9.47 Å². The predicted octanol–water partition coefficient (Wildman–Crippen LogP) is 0.802. The van der Waals surface area contributed by atoms with E-state index in [1.165, 1.54) is 19.3 Å². The van der Waals surface area contributed by atoms with Gasteiger partial charge in [-0.2, -0.15) is 0 Å². The summed E-state index contributed by atoms with van der Waals surface area (Å²) in [6, 6.07) is 0. The Morgan fingerprint density at radius 3 is 2.56 bits per heavy atom. The van der Waals surface area contributed by atoms with Crippen molar-refractivity contribution in [2.75, 3.05) is 13.2 Å². The van der Waals surface area contributed by atoms with Gasteiger partial charge in [0, 0.05) is 13.0 Å². The highest BCUT2D eigenvalue weighted by atomic mass is 16.6. The standard InChI is InChI=1S/C13H26O5/c1-2-3-4-5-6-7-17-12(15)8-11-13(16)10(14)9-18-11/h10-16H,2-9H2,1H3. The van der Waals surface area contributed by atoms with Crippen LogP contribution in [0.4, 0.5) is 0 Å². The van der Waals surface area contributed by atoms with Gasteiger partial charge in [-0.05, 0) is 6.42 Å². The van der Waals surface area contributed by atoms with E-state index in [2.05, 4.69) is 6.92 Å². The maximum atomic E-state index is 9.62. The van der Waals surface area contributed by atoms with Gasteiger partial charge in [-0.25, -0.2) is 0 Å². The van der Waals surface area contributed by atoms with Gasteiger partial charge in [-0.3, -0.25) is 0 Å².